The standard InChI is InChI=1S/C23H20BrN3O/c1-28-18-12-8-16(9-13-18)22-14-20(15-6-10-17(24)11-7-15)26-23-25-19-4-2-3-5-21(19)27(22)23/h2-13,20,22H,14H2,1H3,(H,25,26). The number of hydrogen-bond donors (Lipinski definition) is 1. The van der Waals surface area contributed by atoms with Crippen LogP contribution in [0.5, 0.6) is 5.75 Å². The third kappa shape index (κ3) is 2.96. The summed E-state index contributed by atoms with van der Waals surface area (Å²) in [7, 11) is 1.70. The van der Waals surface area contributed by atoms with Crippen molar-refractivity contribution in [2.24, 2.45) is 0 Å². The monoisotopic (exact) mass is 433 g/mol. The van der Waals surface area contributed by atoms with Gasteiger partial charge in [-0.15, -0.1) is 0 Å². The van der Waals surface area contributed by atoms with E-state index < -0.39 is 0 Å². The number of nitrogens with zero attached hydrogens (tertiary/aromatic N) is 2. The van der Waals surface area contributed by atoms with Gasteiger partial charge in [0.2, 0.25) is 5.95 Å². The zero-order valence-electron chi connectivity index (χ0n) is 15.5. The lowest BCUT2D eigenvalue weighted by atomic mass is 9.93. The van der Waals surface area contributed by atoms with Gasteiger partial charge in [-0.2, -0.15) is 0 Å². The van der Waals surface area contributed by atoms with E-state index in [2.05, 4.69) is 80.4 Å². The van der Waals surface area contributed by atoms with Crippen LogP contribution in [0.1, 0.15) is 29.6 Å². The molecule has 5 rings (SSSR count). The summed E-state index contributed by atoms with van der Waals surface area (Å²) in [5, 5.41) is 3.66. The Labute approximate surface area is 172 Å². The van der Waals surface area contributed by atoms with Crippen LogP contribution >= 0.6 is 15.9 Å². The van der Waals surface area contributed by atoms with Gasteiger partial charge in [0.15, 0.2) is 0 Å². The highest BCUT2D eigenvalue weighted by Crippen LogP contribution is 2.41. The molecule has 1 aliphatic heterocycles. The van der Waals surface area contributed by atoms with E-state index in [-0.39, 0.29) is 12.1 Å². The molecule has 4 aromatic rings. The Balaban J connectivity index is 1.63. The van der Waals surface area contributed by atoms with Crippen molar-refractivity contribution in [3.8, 4) is 5.75 Å². The molecule has 5 heteroatoms. The Morgan fingerprint density at radius 2 is 1.68 bits per heavy atom. The van der Waals surface area contributed by atoms with Crippen LogP contribution in [0.3, 0.4) is 0 Å². The minimum Gasteiger partial charge on any atom is -0.497 e. The molecular formula is C23H20BrN3O. The second-order valence-corrected chi connectivity index (χ2v) is 7.98. The van der Waals surface area contributed by atoms with E-state index in [1.54, 1.807) is 7.11 Å². The van der Waals surface area contributed by atoms with Gasteiger partial charge < -0.3 is 14.6 Å². The molecule has 0 bridgehead atoms. The zero-order valence-corrected chi connectivity index (χ0v) is 17.1. The SMILES string of the molecule is COc1ccc(C2CC(c3ccc(Br)cc3)Nc3nc4ccccc4n32)cc1. The molecular weight excluding hydrogens is 414 g/mol. The van der Waals surface area contributed by atoms with E-state index in [1.807, 2.05) is 18.2 Å². The fraction of sp³-hybridized carbons (Fsp3) is 0.174. The van der Waals surface area contributed by atoms with Gasteiger partial charge in [-0.05, 0) is 53.9 Å². The number of hydrogen-bond acceptors (Lipinski definition) is 3. The van der Waals surface area contributed by atoms with Crippen LogP contribution in [0.25, 0.3) is 11.0 Å². The number of nitrogens with one attached hydrogen (secondary N) is 1. The summed E-state index contributed by atoms with van der Waals surface area (Å²) in [6.07, 6.45) is 0.946. The molecule has 4 nitrogen and oxygen atoms in total. The van der Waals surface area contributed by atoms with Crippen LogP contribution in [-0.2, 0) is 0 Å². The number of aromatic nitrogens is 2. The fourth-order valence-electron chi connectivity index (χ4n) is 4.03. The Bertz CT molecular complexity index is 1120. The molecule has 0 fully saturated rings. The number of anilines is 1. The van der Waals surface area contributed by atoms with Crippen LogP contribution in [-0.4, -0.2) is 16.7 Å². The van der Waals surface area contributed by atoms with E-state index in [0.717, 1.165) is 33.6 Å². The van der Waals surface area contributed by atoms with Crippen molar-refractivity contribution in [1.82, 2.24) is 9.55 Å². The maximum atomic E-state index is 5.35. The number of methoxy groups -OCH3 is 1. The van der Waals surface area contributed by atoms with Crippen molar-refractivity contribution >= 4 is 32.9 Å². The van der Waals surface area contributed by atoms with Crippen LogP contribution in [0.2, 0.25) is 0 Å². The summed E-state index contributed by atoms with van der Waals surface area (Å²) in [5.74, 6) is 1.79. The van der Waals surface area contributed by atoms with Crippen molar-refractivity contribution < 1.29 is 4.74 Å². The number of para-hydroxylation sites is 2. The first-order valence-corrected chi connectivity index (χ1v) is 10.1. The van der Waals surface area contributed by atoms with Gasteiger partial charge in [-0.1, -0.05) is 52.3 Å². The molecule has 2 heterocycles. The fourth-order valence-corrected chi connectivity index (χ4v) is 4.30. The van der Waals surface area contributed by atoms with Crippen molar-refractivity contribution in [1.29, 1.82) is 0 Å². The molecule has 0 amide bonds. The number of imidazole rings is 1. The highest BCUT2D eigenvalue weighted by molar-refractivity contribution is 9.10. The summed E-state index contributed by atoms with van der Waals surface area (Å²) < 4.78 is 8.76. The van der Waals surface area contributed by atoms with Crippen LogP contribution in [0.4, 0.5) is 5.95 Å². The second-order valence-electron chi connectivity index (χ2n) is 7.07. The number of rotatable bonds is 3. The number of fused-ring (bicyclic) bond motifs is 3. The Morgan fingerprint density at radius 3 is 2.43 bits per heavy atom. The van der Waals surface area contributed by atoms with Gasteiger partial charge in [0.05, 0.1) is 30.2 Å². The first kappa shape index (κ1) is 17.3. The van der Waals surface area contributed by atoms with Gasteiger partial charge in [-0.25, -0.2) is 4.98 Å². The first-order chi connectivity index (χ1) is 13.7. The summed E-state index contributed by atoms with van der Waals surface area (Å²) in [6, 6.07) is 25.6. The highest BCUT2D eigenvalue weighted by Gasteiger charge is 2.30. The normalized spacial score (nSPS) is 18.5. The predicted molar refractivity (Wildman–Crippen MR) is 116 cm³/mol. The molecule has 2 atom stereocenters. The summed E-state index contributed by atoms with van der Waals surface area (Å²) in [6.45, 7) is 0. The topological polar surface area (TPSA) is 39.1 Å². The lowest BCUT2D eigenvalue weighted by Gasteiger charge is -2.33. The molecule has 1 N–H and O–H groups in total. The van der Waals surface area contributed by atoms with Gasteiger partial charge >= 0.3 is 0 Å². The molecule has 0 spiro atoms. The zero-order chi connectivity index (χ0) is 19.1. The van der Waals surface area contributed by atoms with E-state index >= 15 is 0 Å². The number of halogens is 1. The lowest BCUT2D eigenvalue weighted by molar-refractivity contribution is 0.414. The average molecular weight is 434 g/mol. The third-order valence-electron chi connectivity index (χ3n) is 5.44. The van der Waals surface area contributed by atoms with Gasteiger partial charge in [0.1, 0.15) is 5.75 Å². The van der Waals surface area contributed by atoms with Gasteiger partial charge in [0.25, 0.3) is 0 Å². The molecule has 2 unspecified atom stereocenters. The molecule has 0 saturated heterocycles. The first-order valence-electron chi connectivity index (χ1n) is 9.36. The van der Waals surface area contributed by atoms with Crippen LogP contribution < -0.4 is 10.1 Å². The number of benzene rings is 3. The minimum absolute atomic E-state index is 0.197. The van der Waals surface area contributed by atoms with Crippen molar-refractivity contribution in [3.63, 3.8) is 0 Å². The molecule has 1 aromatic heterocycles. The van der Waals surface area contributed by atoms with Crippen LogP contribution in [0, 0.1) is 0 Å². The van der Waals surface area contributed by atoms with E-state index in [0.29, 0.717) is 0 Å². The summed E-state index contributed by atoms with van der Waals surface area (Å²) >= 11 is 3.53. The lowest BCUT2D eigenvalue weighted by Crippen LogP contribution is -2.27. The Hall–Kier alpha value is -2.79. The molecule has 28 heavy (non-hydrogen) atoms. The van der Waals surface area contributed by atoms with E-state index in [4.69, 9.17) is 9.72 Å². The maximum Gasteiger partial charge on any atom is 0.204 e. The molecule has 0 saturated carbocycles. The van der Waals surface area contributed by atoms with Crippen molar-refractivity contribution in [2.45, 2.75) is 18.5 Å². The van der Waals surface area contributed by atoms with Gasteiger partial charge in [0, 0.05) is 4.47 Å². The maximum absolute atomic E-state index is 5.35. The Morgan fingerprint density at radius 1 is 0.964 bits per heavy atom. The largest absolute Gasteiger partial charge is 0.497 e. The highest BCUT2D eigenvalue weighted by atomic mass is 79.9. The molecule has 140 valence electrons. The van der Waals surface area contributed by atoms with E-state index in [9.17, 15) is 0 Å². The number of ether oxygens (including phenoxy) is 1. The minimum atomic E-state index is 0.197. The third-order valence-corrected chi connectivity index (χ3v) is 5.97. The molecule has 0 radical (unpaired) electrons. The summed E-state index contributed by atoms with van der Waals surface area (Å²) in [4.78, 5) is 4.87. The van der Waals surface area contributed by atoms with Crippen molar-refractivity contribution in [3.05, 3.63) is 88.4 Å². The quantitative estimate of drug-likeness (QED) is 0.433. The average Bonchev–Trinajstić information content (AvgIpc) is 3.12. The summed E-state index contributed by atoms with van der Waals surface area (Å²) in [5.41, 5.74) is 4.69. The smallest absolute Gasteiger partial charge is 0.204 e. The molecule has 0 aliphatic carbocycles. The molecule has 3 aromatic carbocycles. The Kier molecular flexibility index (Phi) is 4.32. The second kappa shape index (κ2) is 6.99. The van der Waals surface area contributed by atoms with Crippen molar-refractivity contribution in [2.75, 3.05) is 12.4 Å². The van der Waals surface area contributed by atoms with E-state index in [1.165, 1.54) is 11.1 Å². The predicted octanol–water partition coefficient (Wildman–Crippen LogP) is 5.95. The van der Waals surface area contributed by atoms with Crippen LogP contribution in [0.15, 0.2) is 77.3 Å². The molecule has 1 aliphatic rings. The van der Waals surface area contributed by atoms with Gasteiger partial charge in [-0.3, -0.25) is 0 Å².